The molecule has 1 aliphatic carbocycles. The molecule has 0 atom stereocenters. The average molecular weight is 495 g/mol. The van der Waals surface area contributed by atoms with Gasteiger partial charge in [-0.05, 0) is 44.9 Å². The predicted molar refractivity (Wildman–Crippen MR) is 140 cm³/mol. The molecule has 1 saturated heterocycles. The molecule has 35 heavy (non-hydrogen) atoms. The lowest BCUT2D eigenvalue weighted by Gasteiger charge is -2.50. The van der Waals surface area contributed by atoms with Crippen LogP contribution >= 0.6 is 11.6 Å². The van der Waals surface area contributed by atoms with Gasteiger partial charge in [-0.2, -0.15) is 0 Å². The minimum atomic E-state index is -0.106. The summed E-state index contributed by atoms with van der Waals surface area (Å²) in [4.78, 5) is 27.8. The van der Waals surface area contributed by atoms with Gasteiger partial charge in [-0.3, -0.25) is 19.2 Å². The molecule has 8 heteroatoms. The van der Waals surface area contributed by atoms with Crippen LogP contribution in [0.1, 0.15) is 56.3 Å². The zero-order valence-electron chi connectivity index (χ0n) is 20.7. The van der Waals surface area contributed by atoms with Crippen LogP contribution in [0.25, 0.3) is 16.9 Å². The van der Waals surface area contributed by atoms with Gasteiger partial charge in [0.05, 0.1) is 16.0 Å². The first kappa shape index (κ1) is 24.2. The monoisotopic (exact) mass is 494 g/mol. The summed E-state index contributed by atoms with van der Waals surface area (Å²) >= 11 is 6.58. The fraction of sp³-hybridized carbons (Fsp3) is 0.519. The first-order valence-electron chi connectivity index (χ1n) is 12.8. The molecule has 1 saturated carbocycles. The van der Waals surface area contributed by atoms with E-state index in [-0.39, 0.29) is 11.4 Å². The van der Waals surface area contributed by atoms with Crippen molar-refractivity contribution >= 4 is 28.5 Å². The van der Waals surface area contributed by atoms with E-state index in [4.69, 9.17) is 11.6 Å². The number of rotatable bonds is 6. The number of halogens is 1. The van der Waals surface area contributed by atoms with E-state index in [2.05, 4.69) is 38.9 Å². The normalized spacial score (nSPS) is 19.3. The van der Waals surface area contributed by atoms with Crippen molar-refractivity contribution in [3.8, 4) is 5.82 Å². The van der Waals surface area contributed by atoms with Gasteiger partial charge in [-0.25, -0.2) is 9.97 Å². The van der Waals surface area contributed by atoms with E-state index in [1.165, 1.54) is 19.3 Å². The van der Waals surface area contributed by atoms with Crippen LogP contribution in [0.5, 0.6) is 0 Å². The molecule has 7 nitrogen and oxygen atoms in total. The van der Waals surface area contributed by atoms with Gasteiger partial charge < -0.3 is 5.32 Å². The van der Waals surface area contributed by atoms with Gasteiger partial charge in [0.2, 0.25) is 0 Å². The second-order valence-electron chi connectivity index (χ2n) is 10.2. The highest BCUT2D eigenvalue weighted by atomic mass is 35.5. The van der Waals surface area contributed by atoms with Crippen molar-refractivity contribution < 1.29 is 4.79 Å². The minimum Gasteiger partial charge on any atom is -0.350 e. The zero-order chi connectivity index (χ0) is 24.4. The number of aromatic nitrogens is 3. The van der Waals surface area contributed by atoms with Crippen LogP contribution in [0.15, 0.2) is 42.9 Å². The van der Waals surface area contributed by atoms with Gasteiger partial charge in [0.15, 0.2) is 0 Å². The number of piperazine rings is 1. The van der Waals surface area contributed by atoms with E-state index in [0.29, 0.717) is 40.0 Å². The van der Waals surface area contributed by atoms with Gasteiger partial charge in [0.25, 0.3) is 5.91 Å². The summed E-state index contributed by atoms with van der Waals surface area (Å²) in [6.07, 6.45) is 11.2. The molecule has 2 fully saturated rings. The predicted octanol–water partition coefficient (Wildman–Crippen LogP) is 4.53. The van der Waals surface area contributed by atoms with Crippen LogP contribution in [0, 0.1) is 0 Å². The van der Waals surface area contributed by atoms with E-state index >= 15 is 0 Å². The van der Waals surface area contributed by atoms with E-state index < -0.39 is 0 Å². The van der Waals surface area contributed by atoms with Crippen LogP contribution in [0.4, 0.5) is 0 Å². The summed E-state index contributed by atoms with van der Waals surface area (Å²) in [5.74, 6) is 0.600. The molecule has 4 heterocycles. The molecular formula is C27H35ClN6O. The summed E-state index contributed by atoms with van der Waals surface area (Å²) in [6.45, 7) is 9.49. The van der Waals surface area contributed by atoms with Crippen molar-refractivity contribution in [2.24, 2.45) is 0 Å². The van der Waals surface area contributed by atoms with Gasteiger partial charge in [-0.15, -0.1) is 0 Å². The van der Waals surface area contributed by atoms with Crippen LogP contribution in [-0.4, -0.2) is 74.5 Å². The molecule has 2 aliphatic rings. The van der Waals surface area contributed by atoms with Gasteiger partial charge in [0, 0.05) is 62.9 Å². The number of fused-ring (bicyclic) bond motifs is 1. The summed E-state index contributed by atoms with van der Waals surface area (Å²) in [5, 5.41) is 4.50. The number of nitrogens with zero attached hydrogens (tertiary/aromatic N) is 5. The van der Waals surface area contributed by atoms with Gasteiger partial charge in [0.1, 0.15) is 11.5 Å². The van der Waals surface area contributed by atoms with Crippen LogP contribution < -0.4 is 5.32 Å². The standard InChI is InChI=1S/C27H35ClN6O/c1-20(2)32-14-16-33(17-15-32)27(10-5-3-6-11-27)19-31-26(35)21-18-34(23-8-4-7-12-29-23)25-24(21)22(28)9-13-30-25/h4,7-9,12-13,18,20H,3,5-6,10-11,14-17,19H2,1-2H3,(H,31,35). The fourth-order valence-corrected chi connectivity index (χ4v) is 6.07. The number of pyridine rings is 2. The van der Waals surface area contributed by atoms with Crippen LogP contribution in [0.3, 0.4) is 0 Å². The van der Waals surface area contributed by atoms with Crippen molar-refractivity contribution in [1.82, 2.24) is 29.7 Å². The van der Waals surface area contributed by atoms with Gasteiger partial charge in [-0.1, -0.05) is 36.9 Å². The Morgan fingerprint density at radius 2 is 1.83 bits per heavy atom. The first-order valence-corrected chi connectivity index (χ1v) is 13.2. The van der Waals surface area contributed by atoms with Crippen molar-refractivity contribution in [3.63, 3.8) is 0 Å². The minimum absolute atomic E-state index is 0.0262. The largest absolute Gasteiger partial charge is 0.350 e. The number of nitrogens with one attached hydrogen (secondary N) is 1. The molecule has 3 aromatic rings. The average Bonchev–Trinajstić information content (AvgIpc) is 3.30. The van der Waals surface area contributed by atoms with E-state index in [9.17, 15) is 4.79 Å². The summed E-state index contributed by atoms with van der Waals surface area (Å²) < 4.78 is 1.84. The topological polar surface area (TPSA) is 66.3 Å². The Morgan fingerprint density at radius 3 is 2.51 bits per heavy atom. The van der Waals surface area contributed by atoms with Crippen molar-refractivity contribution in [1.29, 1.82) is 0 Å². The Labute approximate surface area is 212 Å². The Kier molecular flexibility index (Phi) is 7.09. The smallest absolute Gasteiger partial charge is 0.253 e. The van der Waals surface area contributed by atoms with E-state index in [1.807, 2.05) is 29.0 Å². The fourth-order valence-electron chi connectivity index (χ4n) is 5.82. The maximum atomic E-state index is 13.6. The second kappa shape index (κ2) is 10.2. The molecule has 0 radical (unpaired) electrons. The van der Waals surface area contributed by atoms with Crippen LogP contribution in [0.2, 0.25) is 5.02 Å². The Hall–Kier alpha value is -2.48. The molecule has 0 aromatic carbocycles. The molecule has 186 valence electrons. The molecule has 0 spiro atoms. The molecule has 5 rings (SSSR count). The summed E-state index contributed by atoms with van der Waals surface area (Å²) in [7, 11) is 0. The lowest BCUT2D eigenvalue weighted by Crippen LogP contribution is -2.62. The third kappa shape index (κ3) is 4.82. The highest BCUT2D eigenvalue weighted by molar-refractivity contribution is 6.36. The third-order valence-electron chi connectivity index (χ3n) is 7.85. The number of carbonyl (C=O) groups is 1. The molecule has 1 N–H and O–H groups in total. The van der Waals surface area contributed by atoms with Crippen LogP contribution in [-0.2, 0) is 0 Å². The summed E-state index contributed by atoms with van der Waals surface area (Å²) in [5.41, 5.74) is 1.20. The lowest BCUT2D eigenvalue weighted by atomic mass is 9.79. The lowest BCUT2D eigenvalue weighted by molar-refractivity contribution is 0.000839. The molecule has 3 aromatic heterocycles. The van der Waals surface area contributed by atoms with Crippen molar-refractivity contribution in [3.05, 3.63) is 53.4 Å². The molecule has 1 amide bonds. The quantitative estimate of drug-likeness (QED) is 0.545. The highest BCUT2D eigenvalue weighted by Crippen LogP contribution is 2.35. The Morgan fingerprint density at radius 1 is 1.06 bits per heavy atom. The van der Waals surface area contributed by atoms with Crippen molar-refractivity contribution in [2.45, 2.75) is 57.5 Å². The summed E-state index contributed by atoms with van der Waals surface area (Å²) in [6, 6.07) is 8.00. The maximum Gasteiger partial charge on any atom is 0.253 e. The maximum absolute atomic E-state index is 13.6. The Bertz CT molecular complexity index is 1160. The second-order valence-corrected chi connectivity index (χ2v) is 10.6. The first-order chi connectivity index (χ1) is 17.0. The molecule has 1 aliphatic heterocycles. The zero-order valence-corrected chi connectivity index (χ0v) is 21.5. The molecular weight excluding hydrogens is 460 g/mol. The Balaban J connectivity index is 1.39. The SMILES string of the molecule is CC(C)N1CCN(C2(CNC(=O)c3cn(-c4ccccn4)c4nccc(Cl)c34)CCCCC2)CC1. The molecule has 0 bridgehead atoms. The van der Waals surface area contributed by atoms with Gasteiger partial charge >= 0.3 is 0 Å². The highest BCUT2D eigenvalue weighted by Gasteiger charge is 2.40. The number of amides is 1. The van der Waals surface area contributed by atoms with Crippen molar-refractivity contribution in [2.75, 3.05) is 32.7 Å². The number of hydrogen-bond donors (Lipinski definition) is 1. The van der Waals surface area contributed by atoms with E-state index in [1.54, 1.807) is 18.5 Å². The third-order valence-corrected chi connectivity index (χ3v) is 8.17. The molecule has 0 unspecified atom stereocenters. The van der Waals surface area contributed by atoms with E-state index in [0.717, 1.165) is 39.0 Å². The number of carbonyl (C=O) groups excluding carboxylic acids is 1. The number of hydrogen-bond acceptors (Lipinski definition) is 5.